The summed E-state index contributed by atoms with van der Waals surface area (Å²) in [7, 11) is 0. The van der Waals surface area contributed by atoms with E-state index in [1.54, 1.807) is 0 Å². The number of halogens is 6. The molecule has 0 aromatic heterocycles. The minimum Gasteiger partial charge on any atom is -0.490 e. The lowest BCUT2D eigenvalue weighted by molar-refractivity contribution is -0.373. The van der Waals surface area contributed by atoms with Gasteiger partial charge in [0.05, 0.1) is 0 Å². The Balaban J connectivity index is 2.96. The Bertz CT molecular complexity index is 464. The van der Waals surface area contributed by atoms with E-state index in [-0.39, 0.29) is 5.75 Å². The maximum atomic E-state index is 12.4. The summed E-state index contributed by atoms with van der Waals surface area (Å²) < 4.78 is 78.7. The third-order valence-electron chi connectivity index (χ3n) is 2.48. The van der Waals surface area contributed by atoms with Crippen LogP contribution in [0.3, 0.4) is 0 Å². The first-order valence-electron chi connectivity index (χ1n) is 5.22. The second kappa shape index (κ2) is 5.35. The third kappa shape index (κ3) is 3.24. The van der Waals surface area contributed by atoms with E-state index < -0.39 is 24.6 Å². The Morgan fingerprint density at radius 3 is 2.10 bits per heavy atom. The van der Waals surface area contributed by atoms with Crippen molar-refractivity contribution in [3.05, 3.63) is 36.4 Å². The minimum atomic E-state index is -5.90. The van der Waals surface area contributed by atoms with Crippen molar-refractivity contribution in [2.45, 2.75) is 18.0 Å². The number of alkyl halides is 6. The molecule has 0 aliphatic carbocycles. The SMILES string of the molecule is C=Cc1cccc(OCC(O)(C(F)(F)F)C(F)(F)F)c1. The highest BCUT2D eigenvalue weighted by Crippen LogP contribution is 2.43. The Morgan fingerprint density at radius 1 is 1.10 bits per heavy atom. The van der Waals surface area contributed by atoms with Gasteiger partial charge in [-0.2, -0.15) is 26.3 Å². The monoisotopic (exact) mass is 300 g/mol. The van der Waals surface area contributed by atoms with Gasteiger partial charge in [-0.1, -0.05) is 24.8 Å². The van der Waals surface area contributed by atoms with Crippen LogP contribution >= 0.6 is 0 Å². The zero-order valence-corrected chi connectivity index (χ0v) is 9.92. The topological polar surface area (TPSA) is 29.5 Å². The fraction of sp³-hybridized carbons (Fsp3) is 0.333. The van der Waals surface area contributed by atoms with Crippen LogP contribution in [0.2, 0.25) is 0 Å². The van der Waals surface area contributed by atoms with Gasteiger partial charge >= 0.3 is 12.4 Å². The van der Waals surface area contributed by atoms with Crippen molar-refractivity contribution in [3.8, 4) is 5.75 Å². The molecule has 8 heteroatoms. The predicted molar refractivity (Wildman–Crippen MR) is 59.1 cm³/mol. The van der Waals surface area contributed by atoms with Crippen molar-refractivity contribution >= 4 is 6.08 Å². The summed E-state index contributed by atoms with van der Waals surface area (Å²) in [6.07, 6.45) is -10.5. The molecule has 2 nitrogen and oxygen atoms in total. The van der Waals surface area contributed by atoms with Crippen molar-refractivity contribution in [3.63, 3.8) is 0 Å². The molecular formula is C12H10F6O2. The first kappa shape index (κ1) is 16.4. The normalized spacial score (nSPS) is 13.2. The van der Waals surface area contributed by atoms with Gasteiger partial charge in [0.25, 0.3) is 5.60 Å². The van der Waals surface area contributed by atoms with Crippen LogP contribution < -0.4 is 4.74 Å². The second-order valence-corrected chi connectivity index (χ2v) is 3.92. The van der Waals surface area contributed by atoms with Crippen LogP contribution in [0.5, 0.6) is 5.75 Å². The molecule has 0 bridgehead atoms. The first-order valence-corrected chi connectivity index (χ1v) is 5.22. The largest absolute Gasteiger partial charge is 0.490 e. The van der Waals surface area contributed by atoms with E-state index in [0.29, 0.717) is 5.56 Å². The van der Waals surface area contributed by atoms with Crippen LogP contribution in [0.15, 0.2) is 30.8 Å². The molecule has 0 amide bonds. The third-order valence-corrected chi connectivity index (χ3v) is 2.48. The van der Waals surface area contributed by atoms with Gasteiger partial charge < -0.3 is 9.84 Å². The Labute approximate surface area is 110 Å². The van der Waals surface area contributed by atoms with E-state index in [2.05, 4.69) is 11.3 Å². The maximum Gasteiger partial charge on any atom is 0.429 e. The molecule has 0 fully saturated rings. The Morgan fingerprint density at radius 2 is 1.65 bits per heavy atom. The van der Waals surface area contributed by atoms with Crippen molar-refractivity contribution in [2.75, 3.05) is 6.61 Å². The maximum absolute atomic E-state index is 12.4. The summed E-state index contributed by atoms with van der Waals surface area (Å²) in [4.78, 5) is 0. The molecule has 0 aliphatic rings. The summed E-state index contributed by atoms with van der Waals surface area (Å²) in [5, 5.41) is 8.88. The van der Waals surface area contributed by atoms with Crippen LogP contribution in [-0.4, -0.2) is 29.7 Å². The molecule has 1 N–H and O–H groups in total. The van der Waals surface area contributed by atoms with Crippen LogP contribution in [-0.2, 0) is 0 Å². The molecule has 1 rings (SSSR count). The van der Waals surface area contributed by atoms with E-state index in [1.165, 1.54) is 30.3 Å². The van der Waals surface area contributed by atoms with E-state index in [9.17, 15) is 26.3 Å². The van der Waals surface area contributed by atoms with Gasteiger partial charge in [-0.3, -0.25) is 0 Å². The Kier molecular flexibility index (Phi) is 4.38. The van der Waals surface area contributed by atoms with E-state index in [1.807, 2.05) is 0 Å². The van der Waals surface area contributed by atoms with Crippen LogP contribution in [0.25, 0.3) is 6.08 Å². The van der Waals surface area contributed by atoms with Gasteiger partial charge in [-0.15, -0.1) is 0 Å². The number of benzene rings is 1. The van der Waals surface area contributed by atoms with E-state index >= 15 is 0 Å². The molecule has 1 aromatic carbocycles. The van der Waals surface area contributed by atoms with Crippen LogP contribution in [0.1, 0.15) is 5.56 Å². The van der Waals surface area contributed by atoms with Crippen molar-refractivity contribution in [2.24, 2.45) is 0 Å². The lowest BCUT2D eigenvalue weighted by Gasteiger charge is -2.31. The fourth-order valence-corrected chi connectivity index (χ4v) is 1.24. The second-order valence-electron chi connectivity index (χ2n) is 3.92. The van der Waals surface area contributed by atoms with E-state index in [4.69, 9.17) is 5.11 Å². The van der Waals surface area contributed by atoms with Crippen molar-refractivity contribution in [1.29, 1.82) is 0 Å². The molecule has 0 spiro atoms. The quantitative estimate of drug-likeness (QED) is 0.862. The van der Waals surface area contributed by atoms with E-state index in [0.717, 1.165) is 0 Å². The highest BCUT2D eigenvalue weighted by atomic mass is 19.4. The zero-order valence-electron chi connectivity index (χ0n) is 9.92. The summed E-state index contributed by atoms with van der Waals surface area (Å²) in [5.41, 5.74) is -4.48. The smallest absolute Gasteiger partial charge is 0.429 e. The molecule has 0 saturated heterocycles. The number of rotatable bonds is 4. The van der Waals surface area contributed by atoms with Gasteiger partial charge in [-0.05, 0) is 17.7 Å². The molecule has 0 radical (unpaired) electrons. The number of ether oxygens (including phenoxy) is 1. The summed E-state index contributed by atoms with van der Waals surface area (Å²) in [5.74, 6) is -0.241. The minimum absolute atomic E-state index is 0.241. The zero-order chi connectivity index (χ0) is 15.6. The molecule has 0 saturated carbocycles. The van der Waals surface area contributed by atoms with Crippen molar-refractivity contribution < 1.29 is 36.2 Å². The molecular weight excluding hydrogens is 290 g/mol. The molecule has 0 aliphatic heterocycles. The highest BCUT2D eigenvalue weighted by molar-refractivity contribution is 5.49. The average molecular weight is 300 g/mol. The lowest BCUT2D eigenvalue weighted by atomic mass is 10.0. The molecule has 112 valence electrons. The molecule has 0 unspecified atom stereocenters. The molecule has 1 aromatic rings. The average Bonchev–Trinajstić information content (AvgIpc) is 2.33. The van der Waals surface area contributed by atoms with Gasteiger partial charge in [0.1, 0.15) is 12.4 Å². The summed E-state index contributed by atoms with van der Waals surface area (Å²) >= 11 is 0. The predicted octanol–water partition coefficient (Wildman–Crippen LogP) is 3.56. The summed E-state index contributed by atoms with van der Waals surface area (Å²) in [6.45, 7) is 1.41. The fourth-order valence-electron chi connectivity index (χ4n) is 1.24. The number of aliphatic hydroxyl groups is 1. The van der Waals surface area contributed by atoms with Gasteiger partial charge in [-0.25, -0.2) is 0 Å². The molecule has 0 atom stereocenters. The Hall–Kier alpha value is -1.70. The number of hydrogen-bond acceptors (Lipinski definition) is 2. The van der Waals surface area contributed by atoms with Gasteiger partial charge in [0, 0.05) is 0 Å². The highest BCUT2D eigenvalue weighted by Gasteiger charge is 2.71. The summed E-state index contributed by atoms with van der Waals surface area (Å²) in [6, 6.07) is 5.26. The molecule has 0 heterocycles. The lowest BCUT2D eigenvalue weighted by Crippen LogP contribution is -2.60. The standard InChI is InChI=1S/C12H10F6O2/c1-2-8-4-3-5-9(6-8)20-7-10(19,11(13,14)15)12(16,17)18/h2-6,19H,1,7H2. The van der Waals surface area contributed by atoms with Gasteiger partial charge in [0.2, 0.25) is 0 Å². The number of hydrogen-bond donors (Lipinski definition) is 1. The molecule has 20 heavy (non-hydrogen) atoms. The van der Waals surface area contributed by atoms with Gasteiger partial charge in [0.15, 0.2) is 0 Å². The van der Waals surface area contributed by atoms with Crippen LogP contribution in [0.4, 0.5) is 26.3 Å². The van der Waals surface area contributed by atoms with Crippen molar-refractivity contribution in [1.82, 2.24) is 0 Å². The first-order chi connectivity index (χ1) is 9.01. The van der Waals surface area contributed by atoms with Crippen LogP contribution in [0, 0.1) is 0 Å².